The number of hydrogen-bond donors (Lipinski definition) is 3. The number of nitrogens with one attached hydrogen (secondary N) is 1. The molecule has 4 aromatic rings. The van der Waals surface area contributed by atoms with Crippen molar-refractivity contribution in [3.63, 3.8) is 0 Å². The predicted octanol–water partition coefficient (Wildman–Crippen LogP) is 1.34. The largest absolute Gasteiger partial charge is 0.479 e. The molecule has 4 N–H and O–H groups in total. The lowest BCUT2D eigenvalue weighted by atomic mass is 10.2. The van der Waals surface area contributed by atoms with Gasteiger partial charge in [-0.2, -0.15) is 19.5 Å². The normalized spacial score (nSPS) is 14.3. The number of ether oxygens (including phenoxy) is 1. The van der Waals surface area contributed by atoms with E-state index < -0.39 is 30.0 Å². The average molecular weight is 515 g/mol. The van der Waals surface area contributed by atoms with Crippen LogP contribution in [0.2, 0.25) is 0 Å². The number of benzene rings is 1. The van der Waals surface area contributed by atoms with Gasteiger partial charge in [-0.1, -0.05) is 0 Å². The van der Waals surface area contributed by atoms with E-state index in [4.69, 9.17) is 20.0 Å². The van der Waals surface area contributed by atoms with Crippen LogP contribution >= 0.6 is 0 Å². The molecule has 1 aromatic carbocycles. The van der Waals surface area contributed by atoms with Gasteiger partial charge in [0, 0.05) is 39.3 Å². The Morgan fingerprint density at radius 2 is 1.97 bits per heavy atom. The number of nitrogens with two attached hydrogens (primary N) is 1. The van der Waals surface area contributed by atoms with Crippen LogP contribution in [-0.4, -0.2) is 86.4 Å². The van der Waals surface area contributed by atoms with Crippen LogP contribution in [0.5, 0.6) is 5.75 Å². The van der Waals surface area contributed by atoms with Gasteiger partial charge < -0.3 is 30.2 Å². The summed E-state index contributed by atoms with van der Waals surface area (Å²) < 4.78 is 40.2. The van der Waals surface area contributed by atoms with E-state index in [1.807, 2.05) is 0 Å². The Morgan fingerprint density at radius 1 is 1.16 bits per heavy atom. The summed E-state index contributed by atoms with van der Waals surface area (Å²) in [6, 6.07) is 5.86. The van der Waals surface area contributed by atoms with Crippen molar-refractivity contribution < 1.29 is 27.8 Å². The van der Waals surface area contributed by atoms with Crippen LogP contribution < -0.4 is 20.7 Å². The molecule has 4 heterocycles. The summed E-state index contributed by atoms with van der Waals surface area (Å²) in [5, 5.41) is 16.1. The Bertz CT molecular complexity index is 1410. The molecule has 0 saturated carbocycles. The molecule has 0 spiro atoms. The molecule has 1 aliphatic rings. The maximum atomic E-state index is 14.8. The van der Waals surface area contributed by atoms with E-state index in [0.29, 0.717) is 56.8 Å². The second-order valence-corrected chi connectivity index (χ2v) is 8.18. The fourth-order valence-electron chi connectivity index (χ4n) is 3.97. The molecule has 5 rings (SSSR count). The summed E-state index contributed by atoms with van der Waals surface area (Å²) in [4.78, 5) is 27.5. The first-order chi connectivity index (χ1) is 17.9. The summed E-state index contributed by atoms with van der Waals surface area (Å²) >= 11 is 0. The number of nitrogen functional groups attached to an aromatic ring is 1. The van der Waals surface area contributed by atoms with Gasteiger partial charge in [0.05, 0.1) is 12.0 Å². The molecule has 1 saturated heterocycles. The Hall–Kier alpha value is -4.53. The Balaban J connectivity index is 1.15. The number of carbonyl (C=O) groups is 1. The SMILES string of the molecule is Nc1nc(NCCN2CCN(c3ccc(F)c(OCC(=O)O)c3F)CC2)nc2nc(-c3ccco3)nn12. The van der Waals surface area contributed by atoms with Crippen molar-refractivity contribution in [3.05, 3.63) is 42.2 Å². The first-order valence-electron chi connectivity index (χ1n) is 11.4. The van der Waals surface area contributed by atoms with Gasteiger partial charge in [-0.15, -0.1) is 5.10 Å². The fourth-order valence-corrected chi connectivity index (χ4v) is 3.97. The molecule has 3 aromatic heterocycles. The molecule has 0 unspecified atom stereocenters. The van der Waals surface area contributed by atoms with E-state index in [9.17, 15) is 13.6 Å². The molecule has 15 heteroatoms. The average Bonchev–Trinajstić information content (AvgIpc) is 3.55. The quantitative estimate of drug-likeness (QED) is 0.294. The summed E-state index contributed by atoms with van der Waals surface area (Å²) in [5.74, 6) is -2.32. The number of nitrogens with zero attached hydrogens (tertiary/aromatic N) is 7. The zero-order valence-electron chi connectivity index (χ0n) is 19.5. The van der Waals surface area contributed by atoms with Crippen molar-refractivity contribution in [2.45, 2.75) is 0 Å². The summed E-state index contributed by atoms with van der Waals surface area (Å²) in [7, 11) is 0. The predicted molar refractivity (Wildman–Crippen MR) is 127 cm³/mol. The number of rotatable bonds is 9. The van der Waals surface area contributed by atoms with Gasteiger partial charge in [-0.05, 0) is 24.3 Å². The van der Waals surface area contributed by atoms with Gasteiger partial charge in [0.15, 0.2) is 29.8 Å². The van der Waals surface area contributed by atoms with Crippen molar-refractivity contribution in [1.82, 2.24) is 29.5 Å². The van der Waals surface area contributed by atoms with E-state index >= 15 is 0 Å². The molecule has 0 bridgehead atoms. The van der Waals surface area contributed by atoms with Crippen molar-refractivity contribution in [2.75, 3.05) is 61.8 Å². The molecule has 0 aliphatic carbocycles. The Morgan fingerprint density at radius 3 is 2.70 bits per heavy atom. The number of piperazine rings is 1. The molecule has 0 atom stereocenters. The van der Waals surface area contributed by atoms with Gasteiger partial charge >= 0.3 is 5.97 Å². The first kappa shape index (κ1) is 24.2. The van der Waals surface area contributed by atoms with E-state index in [2.05, 4.69) is 30.3 Å². The maximum Gasteiger partial charge on any atom is 0.341 e. The highest BCUT2D eigenvalue weighted by Crippen LogP contribution is 2.31. The van der Waals surface area contributed by atoms with Gasteiger partial charge in [-0.25, -0.2) is 13.6 Å². The minimum absolute atomic E-state index is 0.124. The van der Waals surface area contributed by atoms with E-state index in [1.54, 1.807) is 17.0 Å². The molecule has 0 radical (unpaired) electrons. The Kier molecular flexibility index (Phi) is 6.68. The molecule has 1 aliphatic heterocycles. The Labute approximate surface area is 208 Å². The summed E-state index contributed by atoms with van der Waals surface area (Å²) in [5.41, 5.74) is 6.17. The van der Waals surface area contributed by atoms with Crippen LogP contribution in [0.4, 0.5) is 26.4 Å². The molecular weight excluding hydrogens is 492 g/mol. The van der Waals surface area contributed by atoms with E-state index in [-0.39, 0.29) is 17.4 Å². The third-order valence-corrected chi connectivity index (χ3v) is 5.77. The summed E-state index contributed by atoms with van der Waals surface area (Å²) in [6.07, 6.45) is 1.52. The fraction of sp³-hybridized carbons (Fsp3) is 0.318. The second kappa shape index (κ2) is 10.2. The number of aliphatic carboxylic acids is 1. The van der Waals surface area contributed by atoms with Gasteiger partial charge in [0.2, 0.25) is 17.7 Å². The minimum atomic E-state index is -1.32. The molecule has 0 amide bonds. The number of furan rings is 1. The number of aromatic nitrogens is 5. The highest BCUT2D eigenvalue weighted by Gasteiger charge is 2.24. The lowest BCUT2D eigenvalue weighted by molar-refractivity contribution is -0.139. The third-order valence-electron chi connectivity index (χ3n) is 5.77. The molecular formula is C22H23F2N9O4. The lowest BCUT2D eigenvalue weighted by Gasteiger charge is -2.36. The standard InChI is InChI=1S/C22H23F2N9O4/c23-13-3-4-14(17(24)18(13)37-12-16(34)35)32-9-7-31(8-10-32)6-5-26-21-28-20(25)33-22(29-21)27-19(30-33)15-2-1-11-36-15/h1-4,11H,5-10,12H2,(H,34,35)(H3,25,26,27,28,29,30). The van der Waals surface area contributed by atoms with Crippen LogP contribution in [-0.2, 0) is 4.79 Å². The van der Waals surface area contributed by atoms with Gasteiger partial charge in [0.1, 0.15) is 0 Å². The summed E-state index contributed by atoms with van der Waals surface area (Å²) in [6.45, 7) is 2.59. The molecule has 1 fully saturated rings. The molecule has 13 nitrogen and oxygen atoms in total. The van der Waals surface area contributed by atoms with Crippen molar-refractivity contribution in [2.24, 2.45) is 0 Å². The number of hydrogen-bond acceptors (Lipinski definition) is 11. The van der Waals surface area contributed by atoms with Gasteiger partial charge in [0.25, 0.3) is 5.78 Å². The van der Waals surface area contributed by atoms with Crippen molar-refractivity contribution in [3.8, 4) is 17.3 Å². The van der Waals surface area contributed by atoms with E-state index in [1.165, 1.54) is 16.8 Å². The van der Waals surface area contributed by atoms with Crippen LogP contribution in [0.15, 0.2) is 34.9 Å². The van der Waals surface area contributed by atoms with Crippen LogP contribution in [0.3, 0.4) is 0 Å². The second-order valence-electron chi connectivity index (χ2n) is 8.18. The monoisotopic (exact) mass is 515 g/mol. The van der Waals surface area contributed by atoms with Crippen LogP contribution in [0.25, 0.3) is 17.4 Å². The first-order valence-corrected chi connectivity index (χ1v) is 11.4. The molecule has 37 heavy (non-hydrogen) atoms. The van der Waals surface area contributed by atoms with E-state index in [0.717, 1.165) is 6.07 Å². The van der Waals surface area contributed by atoms with Crippen LogP contribution in [0.1, 0.15) is 0 Å². The van der Waals surface area contributed by atoms with Crippen LogP contribution in [0, 0.1) is 11.6 Å². The highest BCUT2D eigenvalue weighted by molar-refractivity contribution is 5.68. The smallest absolute Gasteiger partial charge is 0.341 e. The number of fused-ring (bicyclic) bond motifs is 1. The zero-order chi connectivity index (χ0) is 25.9. The number of carboxylic acid groups (broad SMARTS) is 1. The lowest BCUT2D eigenvalue weighted by Crippen LogP contribution is -2.48. The minimum Gasteiger partial charge on any atom is -0.479 e. The number of halogens is 2. The third kappa shape index (κ3) is 5.20. The topological polar surface area (TPSA) is 160 Å². The molecule has 194 valence electrons. The number of carboxylic acids is 1. The zero-order valence-corrected chi connectivity index (χ0v) is 19.5. The van der Waals surface area contributed by atoms with Crippen molar-refractivity contribution in [1.29, 1.82) is 0 Å². The van der Waals surface area contributed by atoms with Gasteiger partial charge in [-0.3, -0.25) is 4.90 Å². The number of anilines is 3. The maximum absolute atomic E-state index is 14.8. The van der Waals surface area contributed by atoms with Crippen molar-refractivity contribution >= 4 is 29.3 Å². The highest BCUT2D eigenvalue weighted by atomic mass is 19.1.